The van der Waals surface area contributed by atoms with Crippen LogP contribution in [0.3, 0.4) is 0 Å². The number of fused-ring (bicyclic) bond motifs is 1. The summed E-state index contributed by atoms with van der Waals surface area (Å²) < 4.78 is 30.4. The second-order valence-electron chi connectivity index (χ2n) is 6.13. The van der Waals surface area contributed by atoms with Crippen LogP contribution < -0.4 is 11.1 Å². The van der Waals surface area contributed by atoms with E-state index in [9.17, 15) is 18.3 Å². The first-order valence-corrected chi connectivity index (χ1v) is 9.96. The van der Waals surface area contributed by atoms with Gasteiger partial charge in [0, 0.05) is 35.3 Å². The number of nitrogens with zero attached hydrogens (tertiary/aromatic N) is 3. The Morgan fingerprint density at radius 2 is 2.15 bits per heavy atom. The van der Waals surface area contributed by atoms with E-state index in [-0.39, 0.29) is 17.4 Å². The summed E-state index contributed by atoms with van der Waals surface area (Å²) in [7, 11) is -3.95. The summed E-state index contributed by atoms with van der Waals surface area (Å²) >= 11 is 5.31. The highest BCUT2D eigenvalue weighted by molar-refractivity contribution is 7.89. The molecule has 1 fully saturated rings. The molecule has 1 aliphatic rings. The lowest BCUT2D eigenvalue weighted by Crippen LogP contribution is -2.47. The number of carbonyl (C=O) groups is 1. The van der Waals surface area contributed by atoms with Crippen molar-refractivity contribution in [3.63, 3.8) is 0 Å². The van der Waals surface area contributed by atoms with E-state index in [2.05, 4.69) is 14.8 Å². The number of nitrogens with one attached hydrogen (secondary N) is 1. The molecule has 0 aliphatic carbocycles. The van der Waals surface area contributed by atoms with E-state index in [1.54, 1.807) is 6.07 Å². The van der Waals surface area contributed by atoms with Crippen molar-refractivity contribution in [1.82, 2.24) is 9.29 Å². The van der Waals surface area contributed by atoms with Gasteiger partial charge in [0.15, 0.2) is 0 Å². The first kappa shape index (κ1) is 19.3. The number of carboxylic acids is 1. The zero-order valence-corrected chi connectivity index (χ0v) is 15.7. The van der Waals surface area contributed by atoms with Crippen LogP contribution in [0, 0.1) is 0 Å². The summed E-state index contributed by atoms with van der Waals surface area (Å²) in [5, 5.41) is 13.4. The van der Waals surface area contributed by atoms with E-state index in [0.29, 0.717) is 35.7 Å². The van der Waals surface area contributed by atoms with Gasteiger partial charge in [-0.15, -0.1) is 4.51 Å². The molecule has 1 aromatic heterocycles. The number of pyridine rings is 1. The van der Waals surface area contributed by atoms with Crippen LogP contribution in [0.4, 0.5) is 5.69 Å². The number of guanidine groups is 1. The van der Waals surface area contributed by atoms with Gasteiger partial charge in [0.1, 0.15) is 6.04 Å². The van der Waals surface area contributed by atoms with E-state index in [1.165, 1.54) is 24.5 Å². The van der Waals surface area contributed by atoms with Crippen LogP contribution in [0.1, 0.15) is 19.3 Å². The van der Waals surface area contributed by atoms with Gasteiger partial charge < -0.3 is 16.2 Å². The first-order valence-electron chi connectivity index (χ1n) is 8.18. The van der Waals surface area contributed by atoms with Crippen molar-refractivity contribution in [2.45, 2.75) is 30.2 Å². The van der Waals surface area contributed by atoms with Gasteiger partial charge in [0.2, 0.25) is 16.0 Å². The van der Waals surface area contributed by atoms with E-state index in [0.717, 1.165) is 4.31 Å². The number of hydrogen-bond acceptors (Lipinski definition) is 5. The summed E-state index contributed by atoms with van der Waals surface area (Å²) in [5.74, 6) is -1.16. The van der Waals surface area contributed by atoms with Crippen LogP contribution in [-0.2, 0) is 14.8 Å². The Bertz CT molecular complexity index is 1010. The third-order valence-electron chi connectivity index (χ3n) is 4.43. The molecule has 11 heteroatoms. The van der Waals surface area contributed by atoms with Crippen LogP contribution >= 0.6 is 11.8 Å². The van der Waals surface area contributed by atoms with Gasteiger partial charge in [-0.1, -0.05) is 6.07 Å². The number of nitrogens with two attached hydrogens (primary N) is 1. The predicted octanol–water partition coefficient (Wildman–Crippen LogP) is 1.74. The lowest BCUT2D eigenvalue weighted by Gasteiger charge is -2.31. The molecule has 0 radical (unpaired) electrons. The minimum absolute atomic E-state index is 0.0149. The maximum atomic E-state index is 13.0. The third-order valence-corrected chi connectivity index (χ3v) is 6.52. The number of piperidine rings is 1. The van der Waals surface area contributed by atoms with Crippen molar-refractivity contribution < 1.29 is 18.3 Å². The lowest BCUT2D eigenvalue weighted by molar-refractivity contribution is -0.142. The molecule has 1 aliphatic heterocycles. The number of benzene rings is 1. The number of rotatable bonds is 4. The Morgan fingerprint density at radius 3 is 2.85 bits per heavy atom. The van der Waals surface area contributed by atoms with Crippen LogP contribution in [0.2, 0.25) is 0 Å². The number of aliphatic carboxylic acids is 1. The summed E-state index contributed by atoms with van der Waals surface area (Å²) in [4.78, 5) is 15.5. The Labute approximate surface area is 161 Å². The van der Waals surface area contributed by atoms with Gasteiger partial charge in [0.25, 0.3) is 0 Å². The summed E-state index contributed by atoms with van der Waals surface area (Å²) in [6.07, 6.45) is 4.64. The number of carboxylic acid groups (broad SMARTS) is 1. The van der Waals surface area contributed by atoms with Crippen molar-refractivity contribution in [2.75, 3.05) is 11.9 Å². The van der Waals surface area contributed by atoms with Crippen molar-refractivity contribution >= 4 is 50.2 Å². The van der Waals surface area contributed by atoms with Crippen LogP contribution in [0.25, 0.3) is 10.8 Å². The van der Waals surface area contributed by atoms with Gasteiger partial charge in [-0.2, -0.15) is 4.31 Å². The van der Waals surface area contributed by atoms with Gasteiger partial charge >= 0.3 is 5.97 Å². The highest BCUT2D eigenvalue weighted by atomic mass is 35.5. The molecule has 0 unspecified atom stereocenters. The van der Waals surface area contributed by atoms with Gasteiger partial charge in [-0.25, -0.2) is 8.42 Å². The largest absolute Gasteiger partial charge is 0.480 e. The van der Waals surface area contributed by atoms with E-state index in [4.69, 9.17) is 17.5 Å². The first-order chi connectivity index (χ1) is 12.8. The molecular weight excluding hydrogens is 394 g/mol. The Hall–Kier alpha value is -2.43. The standard InChI is InChI=1S/C16H18ClN5O4S/c17-21-16(18)20-13-9-19-8-10-7-11(4-5-12(10)13)27(25,26)22-6-2-1-3-14(22)15(23)24/h4-5,7-9,14H,1-3,6H2,(H,23,24)(H3,18,20,21)/t14-/m1/s1. The van der Waals surface area contributed by atoms with E-state index in [1.807, 2.05) is 0 Å². The molecule has 144 valence electrons. The average Bonchev–Trinajstić information content (AvgIpc) is 2.67. The summed E-state index contributed by atoms with van der Waals surface area (Å²) in [6, 6.07) is 3.45. The zero-order valence-electron chi connectivity index (χ0n) is 14.2. The van der Waals surface area contributed by atoms with Crippen molar-refractivity contribution in [1.29, 1.82) is 0 Å². The molecule has 0 amide bonds. The van der Waals surface area contributed by atoms with Crippen LogP contribution in [0.15, 0.2) is 40.0 Å². The second kappa shape index (κ2) is 7.67. The van der Waals surface area contributed by atoms with Crippen molar-refractivity contribution in [3.8, 4) is 0 Å². The Morgan fingerprint density at radius 1 is 1.37 bits per heavy atom. The summed E-state index contributed by atoms with van der Waals surface area (Å²) in [5.41, 5.74) is 6.07. The molecule has 27 heavy (non-hydrogen) atoms. The van der Waals surface area contributed by atoms with Crippen molar-refractivity contribution in [3.05, 3.63) is 30.6 Å². The third kappa shape index (κ3) is 3.82. The molecule has 3 rings (SSSR count). The number of halogens is 1. The molecule has 2 heterocycles. The number of aromatic nitrogens is 1. The smallest absolute Gasteiger partial charge is 0.322 e. The fourth-order valence-corrected chi connectivity index (χ4v) is 4.88. The minimum atomic E-state index is -3.95. The van der Waals surface area contributed by atoms with Gasteiger partial charge in [-0.3, -0.25) is 9.78 Å². The highest BCUT2D eigenvalue weighted by Gasteiger charge is 2.37. The molecule has 1 aromatic carbocycles. The maximum Gasteiger partial charge on any atom is 0.322 e. The lowest BCUT2D eigenvalue weighted by atomic mass is 10.1. The fourth-order valence-electron chi connectivity index (χ4n) is 3.15. The molecule has 9 nitrogen and oxygen atoms in total. The highest BCUT2D eigenvalue weighted by Crippen LogP contribution is 2.29. The fraction of sp³-hybridized carbons (Fsp3) is 0.312. The molecule has 0 bridgehead atoms. The van der Waals surface area contributed by atoms with E-state index >= 15 is 0 Å². The molecule has 1 atom stereocenters. The van der Waals surface area contributed by atoms with Crippen LogP contribution in [-0.4, -0.2) is 47.3 Å². The Balaban J connectivity index is 2.02. The number of hydrogen-bond donors (Lipinski definition) is 3. The maximum absolute atomic E-state index is 13.0. The topological polar surface area (TPSA) is 138 Å². The molecular formula is C16H18ClN5O4S. The molecule has 4 N–H and O–H groups in total. The zero-order chi connectivity index (χ0) is 19.6. The predicted molar refractivity (Wildman–Crippen MR) is 102 cm³/mol. The summed E-state index contributed by atoms with van der Waals surface area (Å²) in [6.45, 7) is 0.180. The SMILES string of the molecule is NC(=NCl)Nc1cncc2cc(S(=O)(=O)N3CCCC[C@@H]3C(=O)O)ccc12. The van der Waals surface area contributed by atoms with Crippen molar-refractivity contribution in [2.24, 2.45) is 10.2 Å². The number of sulfonamides is 1. The molecule has 1 saturated heterocycles. The minimum Gasteiger partial charge on any atom is -0.480 e. The second-order valence-corrected chi connectivity index (χ2v) is 8.19. The average molecular weight is 412 g/mol. The van der Waals surface area contributed by atoms with Gasteiger partial charge in [0.05, 0.1) is 16.8 Å². The quantitative estimate of drug-likeness (QED) is 0.514. The molecule has 0 spiro atoms. The molecule has 2 aromatic rings. The monoisotopic (exact) mass is 411 g/mol. The Kier molecular flexibility index (Phi) is 5.49. The van der Waals surface area contributed by atoms with Gasteiger partial charge in [-0.05, 0) is 31.4 Å². The number of anilines is 1. The normalized spacial score (nSPS) is 19.1. The molecule has 0 saturated carbocycles. The van der Waals surface area contributed by atoms with E-state index < -0.39 is 22.0 Å². The van der Waals surface area contributed by atoms with Crippen LogP contribution in [0.5, 0.6) is 0 Å².